The number of likely N-dealkylation sites (tertiary alicyclic amines) is 2. The third-order valence-corrected chi connectivity index (χ3v) is 7.11. The molecule has 5 heteroatoms. The van der Waals surface area contributed by atoms with Gasteiger partial charge in [-0.2, -0.15) is 0 Å². The first-order chi connectivity index (χ1) is 15.7. The van der Waals surface area contributed by atoms with E-state index in [1.807, 2.05) is 34.1 Å². The summed E-state index contributed by atoms with van der Waals surface area (Å²) < 4.78 is 0. The van der Waals surface area contributed by atoms with Crippen LogP contribution in [-0.2, 0) is 16.8 Å². The Labute approximate surface area is 188 Å². The summed E-state index contributed by atoms with van der Waals surface area (Å²) in [4.78, 5) is 34.8. The molecule has 0 N–H and O–H groups in total. The number of pyridine rings is 1. The summed E-state index contributed by atoms with van der Waals surface area (Å²) >= 11 is 0. The molecule has 2 fully saturated rings. The number of carbonyl (C=O) groups is 2. The number of carbonyl (C=O) groups excluding carboxylic acids is 2. The minimum absolute atomic E-state index is 0.0143. The summed E-state index contributed by atoms with van der Waals surface area (Å²) in [5.74, 6) is 0.102. The van der Waals surface area contributed by atoms with Gasteiger partial charge >= 0.3 is 0 Å². The number of nitrogens with zero attached hydrogens (tertiary/aromatic N) is 3. The molecule has 2 aliphatic heterocycles. The summed E-state index contributed by atoms with van der Waals surface area (Å²) in [6.07, 6.45) is 5.35. The molecule has 32 heavy (non-hydrogen) atoms. The van der Waals surface area contributed by atoms with Crippen molar-refractivity contribution in [2.45, 2.75) is 37.3 Å². The van der Waals surface area contributed by atoms with Crippen LogP contribution < -0.4 is 0 Å². The van der Waals surface area contributed by atoms with Crippen molar-refractivity contribution in [1.82, 2.24) is 14.8 Å². The summed E-state index contributed by atoms with van der Waals surface area (Å²) in [6.45, 7) is 1.96. The van der Waals surface area contributed by atoms with Crippen molar-refractivity contribution in [1.29, 1.82) is 0 Å². The summed E-state index contributed by atoms with van der Waals surface area (Å²) in [7, 11) is 0. The maximum Gasteiger partial charge on any atom is 0.254 e. The van der Waals surface area contributed by atoms with E-state index in [2.05, 4.69) is 41.4 Å². The van der Waals surface area contributed by atoms with Gasteiger partial charge in [-0.3, -0.25) is 14.6 Å². The van der Waals surface area contributed by atoms with E-state index >= 15 is 0 Å². The summed E-state index contributed by atoms with van der Waals surface area (Å²) in [5.41, 5.74) is 2.77. The number of benzene rings is 2. The van der Waals surface area contributed by atoms with E-state index in [-0.39, 0.29) is 23.3 Å². The molecule has 0 unspecified atom stereocenters. The third-order valence-electron chi connectivity index (χ3n) is 7.11. The molecule has 162 valence electrons. The molecule has 0 aliphatic carbocycles. The number of fused-ring (bicyclic) bond motifs is 1. The molecule has 0 radical (unpaired) electrons. The second kappa shape index (κ2) is 8.58. The molecule has 0 bridgehead atoms. The molecule has 2 aliphatic rings. The van der Waals surface area contributed by atoms with Crippen LogP contribution in [-0.4, -0.2) is 45.7 Å². The van der Waals surface area contributed by atoms with Crippen molar-refractivity contribution in [2.75, 3.05) is 13.1 Å². The molecule has 3 aromatic rings. The van der Waals surface area contributed by atoms with Crippen LogP contribution in [0.5, 0.6) is 0 Å². The SMILES string of the molecule is O=C1C[C@H]2N(C(=O)c3ccncc3)CC[C@]2(c2ccccc2)CCN1Cc1ccccc1. The minimum Gasteiger partial charge on any atom is -0.338 e. The molecule has 1 aromatic heterocycles. The van der Waals surface area contributed by atoms with Gasteiger partial charge in [0.2, 0.25) is 5.91 Å². The topological polar surface area (TPSA) is 53.5 Å². The van der Waals surface area contributed by atoms with Crippen LogP contribution in [0.4, 0.5) is 0 Å². The first-order valence-electron chi connectivity index (χ1n) is 11.3. The monoisotopic (exact) mass is 425 g/mol. The van der Waals surface area contributed by atoms with Gasteiger partial charge in [-0.1, -0.05) is 60.7 Å². The lowest BCUT2D eigenvalue weighted by atomic mass is 9.71. The van der Waals surface area contributed by atoms with Gasteiger partial charge < -0.3 is 9.80 Å². The molecule has 5 rings (SSSR count). The lowest BCUT2D eigenvalue weighted by molar-refractivity contribution is -0.131. The molecule has 0 saturated carbocycles. The van der Waals surface area contributed by atoms with Crippen LogP contribution in [0.25, 0.3) is 0 Å². The first-order valence-corrected chi connectivity index (χ1v) is 11.3. The van der Waals surface area contributed by atoms with Gasteiger partial charge in [0.15, 0.2) is 0 Å². The van der Waals surface area contributed by atoms with Crippen LogP contribution >= 0.6 is 0 Å². The van der Waals surface area contributed by atoms with Crippen molar-refractivity contribution >= 4 is 11.8 Å². The van der Waals surface area contributed by atoms with Crippen LogP contribution in [0.2, 0.25) is 0 Å². The zero-order valence-electron chi connectivity index (χ0n) is 18.1. The minimum atomic E-state index is -0.217. The largest absolute Gasteiger partial charge is 0.338 e. The molecule has 2 saturated heterocycles. The van der Waals surface area contributed by atoms with Crippen molar-refractivity contribution in [3.63, 3.8) is 0 Å². The summed E-state index contributed by atoms with van der Waals surface area (Å²) in [6, 6.07) is 23.9. The molecular formula is C27H27N3O2. The average Bonchev–Trinajstić information content (AvgIpc) is 3.15. The highest BCUT2D eigenvalue weighted by molar-refractivity contribution is 5.95. The second-order valence-electron chi connectivity index (χ2n) is 8.78. The lowest BCUT2D eigenvalue weighted by Crippen LogP contribution is -2.45. The van der Waals surface area contributed by atoms with Gasteiger partial charge in [-0.15, -0.1) is 0 Å². The highest BCUT2D eigenvalue weighted by Gasteiger charge is 2.52. The Balaban J connectivity index is 1.49. The van der Waals surface area contributed by atoms with Gasteiger partial charge in [0, 0.05) is 49.4 Å². The number of amides is 2. The van der Waals surface area contributed by atoms with Crippen molar-refractivity contribution in [3.8, 4) is 0 Å². The van der Waals surface area contributed by atoms with Crippen LogP contribution in [0.3, 0.4) is 0 Å². The molecule has 3 heterocycles. The molecule has 2 amide bonds. The van der Waals surface area contributed by atoms with E-state index < -0.39 is 0 Å². The Morgan fingerprint density at radius 3 is 2.28 bits per heavy atom. The molecule has 0 spiro atoms. The van der Waals surface area contributed by atoms with Gasteiger partial charge in [-0.25, -0.2) is 0 Å². The average molecular weight is 426 g/mol. The maximum absolute atomic E-state index is 13.4. The van der Waals surface area contributed by atoms with E-state index in [1.165, 1.54) is 5.56 Å². The van der Waals surface area contributed by atoms with E-state index in [0.29, 0.717) is 31.6 Å². The predicted octanol–water partition coefficient (Wildman–Crippen LogP) is 4.06. The van der Waals surface area contributed by atoms with Gasteiger partial charge in [0.1, 0.15) is 0 Å². The fourth-order valence-electron chi connectivity index (χ4n) is 5.42. The third kappa shape index (κ3) is 3.68. The highest BCUT2D eigenvalue weighted by Crippen LogP contribution is 2.46. The van der Waals surface area contributed by atoms with Gasteiger partial charge in [0.25, 0.3) is 5.91 Å². The zero-order valence-corrected chi connectivity index (χ0v) is 18.1. The van der Waals surface area contributed by atoms with Gasteiger partial charge in [0.05, 0.1) is 6.04 Å². The molecular weight excluding hydrogens is 398 g/mol. The van der Waals surface area contributed by atoms with Crippen molar-refractivity contribution in [2.24, 2.45) is 0 Å². The van der Waals surface area contributed by atoms with Crippen LogP contribution in [0, 0.1) is 0 Å². The molecule has 2 aromatic carbocycles. The second-order valence-corrected chi connectivity index (χ2v) is 8.78. The van der Waals surface area contributed by atoms with Crippen molar-refractivity contribution < 1.29 is 9.59 Å². The Morgan fingerprint density at radius 1 is 0.906 bits per heavy atom. The quantitative estimate of drug-likeness (QED) is 0.634. The number of aromatic nitrogens is 1. The lowest BCUT2D eigenvalue weighted by Gasteiger charge is -2.36. The first kappa shape index (κ1) is 20.4. The Bertz CT molecular complexity index is 1090. The molecule has 5 nitrogen and oxygen atoms in total. The fraction of sp³-hybridized carbons (Fsp3) is 0.296. The Hall–Kier alpha value is -3.47. The predicted molar refractivity (Wildman–Crippen MR) is 123 cm³/mol. The fourth-order valence-corrected chi connectivity index (χ4v) is 5.42. The standard InChI is InChI=1S/C27H27N3O2/c31-25-19-24-27(23-9-5-2-6-10-23,13-17-29(25)20-21-7-3-1-4-8-21)14-18-30(24)26(32)22-11-15-28-16-12-22/h1-12,15-16,24H,13-14,17-20H2/t24-,27+/m1/s1. The normalized spacial score (nSPS) is 23.0. The number of hydrogen-bond donors (Lipinski definition) is 0. The number of rotatable bonds is 4. The van der Waals surface area contributed by atoms with Crippen molar-refractivity contribution in [3.05, 3.63) is 102 Å². The van der Waals surface area contributed by atoms with Crippen LogP contribution in [0.1, 0.15) is 40.7 Å². The van der Waals surface area contributed by atoms with E-state index in [4.69, 9.17) is 0 Å². The van der Waals surface area contributed by atoms with Crippen LogP contribution in [0.15, 0.2) is 85.2 Å². The highest BCUT2D eigenvalue weighted by atomic mass is 16.2. The Morgan fingerprint density at radius 2 is 1.56 bits per heavy atom. The molecule has 2 atom stereocenters. The van der Waals surface area contributed by atoms with E-state index in [0.717, 1.165) is 18.4 Å². The maximum atomic E-state index is 13.4. The van der Waals surface area contributed by atoms with E-state index in [1.54, 1.807) is 24.5 Å². The number of hydrogen-bond acceptors (Lipinski definition) is 3. The zero-order chi connectivity index (χ0) is 22.0. The Kier molecular flexibility index (Phi) is 5.48. The van der Waals surface area contributed by atoms with E-state index in [9.17, 15) is 9.59 Å². The smallest absolute Gasteiger partial charge is 0.254 e. The summed E-state index contributed by atoms with van der Waals surface area (Å²) in [5, 5.41) is 0. The van der Waals surface area contributed by atoms with Gasteiger partial charge in [-0.05, 0) is 36.1 Å².